The van der Waals surface area contributed by atoms with E-state index in [0.29, 0.717) is 0 Å². The van der Waals surface area contributed by atoms with Crippen molar-refractivity contribution in [3.8, 4) is 0 Å². The second-order valence-electron chi connectivity index (χ2n) is 4.50. The van der Waals surface area contributed by atoms with Crippen LogP contribution in [-0.2, 0) is 9.59 Å². The Labute approximate surface area is 111 Å². The molecular formula is C12H19N3O4. The first-order valence-corrected chi connectivity index (χ1v) is 6.19. The Hall–Kier alpha value is -1.89. The second-order valence-corrected chi connectivity index (χ2v) is 4.50. The summed E-state index contributed by atoms with van der Waals surface area (Å²) in [6.07, 6.45) is 3.15. The third kappa shape index (κ3) is 4.70. The average Bonchev–Trinajstić information content (AvgIpc) is 2.37. The fraction of sp³-hybridized carbons (Fsp3) is 0.583. The maximum atomic E-state index is 11.6. The molecule has 0 saturated carbocycles. The van der Waals surface area contributed by atoms with Gasteiger partial charge in [-0.15, -0.1) is 0 Å². The first kappa shape index (κ1) is 15.2. The van der Waals surface area contributed by atoms with E-state index in [1.807, 2.05) is 0 Å². The first-order chi connectivity index (χ1) is 8.91. The second kappa shape index (κ2) is 6.89. The molecule has 1 saturated heterocycles. The number of carbonyl (C=O) groups excluding carboxylic acids is 2. The number of hydrazine groups is 1. The molecule has 0 aliphatic carbocycles. The van der Waals surface area contributed by atoms with Gasteiger partial charge in [0.15, 0.2) is 0 Å². The molecule has 7 nitrogen and oxygen atoms in total. The van der Waals surface area contributed by atoms with Crippen LogP contribution in [0.15, 0.2) is 11.1 Å². The van der Waals surface area contributed by atoms with Crippen molar-refractivity contribution in [1.82, 2.24) is 15.8 Å². The van der Waals surface area contributed by atoms with Gasteiger partial charge in [0.05, 0.1) is 0 Å². The van der Waals surface area contributed by atoms with E-state index < -0.39 is 17.9 Å². The standard InChI is InChI=1S/C12H19N3O4/c1-8(9(2)11(17)18)10(16)13-12(19)14-15-6-4-3-5-7-15/h3-7H2,1-2H3,(H,17,18)(H2,13,14,16,19). The molecule has 19 heavy (non-hydrogen) atoms. The summed E-state index contributed by atoms with van der Waals surface area (Å²) in [5, 5.41) is 12.6. The van der Waals surface area contributed by atoms with Crippen molar-refractivity contribution in [2.75, 3.05) is 13.1 Å². The van der Waals surface area contributed by atoms with Crippen LogP contribution in [-0.4, -0.2) is 41.1 Å². The summed E-state index contributed by atoms with van der Waals surface area (Å²) in [7, 11) is 0. The number of carboxylic acid groups (broad SMARTS) is 1. The van der Waals surface area contributed by atoms with Gasteiger partial charge in [-0.25, -0.2) is 14.6 Å². The third-order valence-corrected chi connectivity index (χ3v) is 3.07. The maximum absolute atomic E-state index is 11.6. The van der Waals surface area contributed by atoms with Crippen molar-refractivity contribution in [1.29, 1.82) is 0 Å². The first-order valence-electron chi connectivity index (χ1n) is 6.19. The number of nitrogens with one attached hydrogen (secondary N) is 2. The van der Waals surface area contributed by atoms with E-state index in [0.717, 1.165) is 32.4 Å². The summed E-state index contributed by atoms with van der Waals surface area (Å²) >= 11 is 0. The average molecular weight is 269 g/mol. The van der Waals surface area contributed by atoms with Crippen LogP contribution in [0.3, 0.4) is 0 Å². The van der Waals surface area contributed by atoms with Crippen molar-refractivity contribution in [2.24, 2.45) is 0 Å². The molecule has 0 radical (unpaired) electrons. The van der Waals surface area contributed by atoms with Crippen LogP contribution in [0.2, 0.25) is 0 Å². The Morgan fingerprint density at radius 3 is 2.11 bits per heavy atom. The molecule has 0 bridgehead atoms. The number of nitrogens with zero attached hydrogens (tertiary/aromatic N) is 1. The summed E-state index contributed by atoms with van der Waals surface area (Å²) in [5.74, 6) is -1.88. The molecular weight excluding hydrogens is 250 g/mol. The summed E-state index contributed by atoms with van der Waals surface area (Å²) in [6, 6.07) is -0.635. The van der Waals surface area contributed by atoms with Crippen LogP contribution < -0.4 is 10.7 Å². The number of rotatable bonds is 3. The quantitative estimate of drug-likeness (QED) is 0.653. The highest BCUT2D eigenvalue weighted by atomic mass is 16.4. The van der Waals surface area contributed by atoms with Crippen LogP contribution in [0.1, 0.15) is 33.1 Å². The minimum atomic E-state index is -1.18. The lowest BCUT2D eigenvalue weighted by molar-refractivity contribution is -0.133. The van der Waals surface area contributed by atoms with Crippen molar-refractivity contribution in [2.45, 2.75) is 33.1 Å². The lowest BCUT2D eigenvalue weighted by atomic mass is 10.1. The molecule has 7 heteroatoms. The van der Waals surface area contributed by atoms with Gasteiger partial charge in [0.25, 0.3) is 5.91 Å². The van der Waals surface area contributed by atoms with Crippen LogP contribution in [0.4, 0.5) is 4.79 Å². The minimum absolute atomic E-state index is 0.0151. The van der Waals surface area contributed by atoms with E-state index in [1.165, 1.54) is 13.8 Å². The highest BCUT2D eigenvalue weighted by Crippen LogP contribution is 2.06. The molecule has 0 aromatic heterocycles. The van der Waals surface area contributed by atoms with Crippen molar-refractivity contribution in [3.63, 3.8) is 0 Å². The lowest BCUT2D eigenvalue weighted by Gasteiger charge is -2.26. The topological polar surface area (TPSA) is 98.7 Å². The zero-order valence-corrected chi connectivity index (χ0v) is 11.2. The Balaban J connectivity index is 2.50. The fourth-order valence-corrected chi connectivity index (χ4v) is 1.70. The van der Waals surface area contributed by atoms with Gasteiger partial charge < -0.3 is 5.11 Å². The van der Waals surface area contributed by atoms with Gasteiger partial charge in [0, 0.05) is 24.2 Å². The molecule has 106 valence electrons. The molecule has 1 rings (SSSR count). The van der Waals surface area contributed by atoms with Crippen LogP contribution in [0, 0.1) is 0 Å². The van der Waals surface area contributed by atoms with Gasteiger partial charge >= 0.3 is 12.0 Å². The zero-order chi connectivity index (χ0) is 14.4. The van der Waals surface area contributed by atoms with Gasteiger partial charge in [0.2, 0.25) is 0 Å². The van der Waals surface area contributed by atoms with Crippen molar-refractivity contribution >= 4 is 17.9 Å². The SMILES string of the molecule is CC(C(=O)O)=C(C)C(=O)NC(=O)NN1CCCCC1. The number of aliphatic carboxylic acids is 1. The van der Waals surface area contributed by atoms with E-state index in [9.17, 15) is 14.4 Å². The molecule has 1 fully saturated rings. The van der Waals surface area contributed by atoms with Gasteiger partial charge in [-0.05, 0) is 26.7 Å². The Morgan fingerprint density at radius 1 is 1.00 bits per heavy atom. The fourth-order valence-electron chi connectivity index (χ4n) is 1.70. The number of urea groups is 1. The Bertz CT molecular complexity index is 411. The lowest BCUT2D eigenvalue weighted by Crippen LogP contribution is -2.50. The van der Waals surface area contributed by atoms with Crippen LogP contribution >= 0.6 is 0 Å². The molecule has 1 aliphatic rings. The van der Waals surface area contributed by atoms with E-state index in [2.05, 4.69) is 10.7 Å². The number of piperidine rings is 1. The van der Waals surface area contributed by atoms with E-state index in [1.54, 1.807) is 5.01 Å². The normalized spacial score (nSPS) is 17.4. The number of amides is 3. The molecule has 0 aromatic carbocycles. The molecule has 3 N–H and O–H groups in total. The number of hydrogen-bond donors (Lipinski definition) is 3. The highest BCUT2D eigenvalue weighted by molar-refractivity contribution is 6.07. The number of hydrogen-bond acceptors (Lipinski definition) is 4. The summed E-state index contributed by atoms with van der Waals surface area (Å²) < 4.78 is 0. The molecule has 0 atom stereocenters. The molecule has 0 aromatic rings. The van der Waals surface area contributed by atoms with Gasteiger partial charge in [-0.1, -0.05) is 6.42 Å². The third-order valence-electron chi connectivity index (χ3n) is 3.07. The Morgan fingerprint density at radius 2 is 1.58 bits per heavy atom. The van der Waals surface area contributed by atoms with E-state index in [-0.39, 0.29) is 11.1 Å². The summed E-state index contributed by atoms with van der Waals surface area (Å²) in [5.41, 5.74) is 2.50. The largest absolute Gasteiger partial charge is 0.478 e. The number of carboxylic acids is 1. The molecule has 3 amide bonds. The minimum Gasteiger partial charge on any atom is -0.478 e. The molecule has 0 unspecified atom stereocenters. The summed E-state index contributed by atoms with van der Waals surface area (Å²) in [6.45, 7) is 4.20. The van der Waals surface area contributed by atoms with Crippen molar-refractivity contribution in [3.05, 3.63) is 11.1 Å². The molecule has 0 spiro atoms. The smallest absolute Gasteiger partial charge is 0.336 e. The number of imide groups is 1. The number of carbonyl (C=O) groups is 3. The van der Waals surface area contributed by atoms with Gasteiger partial charge in [-0.3, -0.25) is 15.5 Å². The van der Waals surface area contributed by atoms with Crippen molar-refractivity contribution < 1.29 is 19.5 Å². The highest BCUT2D eigenvalue weighted by Gasteiger charge is 2.17. The van der Waals surface area contributed by atoms with E-state index in [4.69, 9.17) is 5.11 Å². The maximum Gasteiger partial charge on any atom is 0.336 e. The van der Waals surface area contributed by atoms with Gasteiger partial charge in [0.1, 0.15) is 0 Å². The zero-order valence-electron chi connectivity index (χ0n) is 11.2. The summed E-state index contributed by atoms with van der Waals surface area (Å²) in [4.78, 5) is 33.9. The molecule has 1 aliphatic heterocycles. The van der Waals surface area contributed by atoms with E-state index >= 15 is 0 Å². The monoisotopic (exact) mass is 269 g/mol. The van der Waals surface area contributed by atoms with Crippen LogP contribution in [0.5, 0.6) is 0 Å². The van der Waals surface area contributed by atoms with Gasteiger partial charge in [-0.2, -0.15) is 0 Å². The Kier molecular flexibility index (Phi) is 5.50. The van der Waals surface area contributed by atoms with Crippen LogP contribution in [0.25, 0.3) is 0 Å². The predicted molar refractivity (Wildman–Crippen MR) is 68.1 cm³/mol. The molecule has 1 heterocycles. The predicted octanol–water partition coefficient (Wildman–Crippen LogP) is 0.634.